The summed E-state index contributed by atoms with van der Waals surface area (Å²) in [6.07, 6.45) is 0. The number of carbonyl (C=O) groups is 7. The van der Waals surface area contributed by atoms with Crippen LogP contribution in [-0.2, 0) is 38.3 Å². The van der Waals surface area contributed by atoms with Crippen molar-refractivity contribution in [3.63, 3.8) is 0 Å². The van der Waals surface area contributed by atoms with Crippen molar-refractivity contribution < 1.29 is 38.3 Å². The van der Waals surface area contributed by atoms with Gasteiger partial charge in [0.25, 0.3) is 0 Å². The second-order valence-corrected chi connectivity index (χ2v) is 6.99. The molecule has 15 nitrogen and oxygen atoms in total. The predicted molar refractivity (Wildman–Crippen MR) is 118 cm³/mol. The first kappa shape index (κ1) is 30.4. The number of esters is 1. The lowest BCUT2D eigenvalue weighted by Gasteiger charge is -2.24. The maximum Gasteiger partial charge on any atom is 0.325 e. The van der Waals surface area contributed by atoms with E-state index < -0.39 is 61.7 Å². The Labute approximate surface area is 197 Å². The summed E-state index contributed by atoms with van der Waals surface area (Å²) in [5, 5.41) is 12.3. The fourth-order valence-corrected chi connectivity index (χ4v) is 2.32. The molecule has 0 fully saturated rings. The van der Waals surface area contributed by atoms with E-state index in [0.717, 1.165) is 16.9 Å². The Morgan fingerprint density at radius 2 is 1.18 bits per heavy atom. The van der Waals surface area contributed by atoms with Crippen LogP contribution >= 0.6 is 0 Å². The van der Waals surface area contributed by atoms with Gasteiger partial charge in [0.1, 0.15) is 25.4 Å². The van der Waals surface area contributed by atoms with E-state index in [1.54, 1.807) is 7.05 Å². The van der Waals surface area contributed by atoms with Crippen LogP contribution in [0.25, 0.3) is 0 Å². The summed E-state index contributed by atoms with van der Waals surface area (Å²) in [6, 6.07) is 0. The lowest BCUT2D eigenvalue weighted by Crippen LogP contribution is -2.52. The van der Waals surface area contributed by atoms with Crippen LogP contribution in [-0.4, -0.2) is 125 Å². The zero-order valence-electron chi connectivity index (χ0n) is 19.8. The summed E-state index contributed by atoms with van der Waals surface area (Å²) in [4.78, 5) is 85.1. The van der Waals surface area contributed by atoms with E-state index >= 15 is 0 Å². The van der Waals surface area contributed by atoms with E-state index in [0.29, 0.717) is 0 Å². The first-order valence-electron chi connectivity index (χ1n) is 10.2. The van der Waals surface area contributed by atoms with Crippen molar-refractivity contribution in [3.05, 3.63) is 0 Å². The molecule has 0 saturated heterocycles. The van der Waals surface area contributed by atoms with Gasteiger partial charge in [-0.3, -0.25) is 33.6 Å². The van der Waals surface area contributed by atoms with Crippen molar-refractivity contribution in [1.82, 2.24) is 36.4 Å². The molecular formula is C19H33N7O8. The molecule has 0 aliphatic heterocycles. The molecule has 0 aliphatic rings. The highest BCUT2D eigenvalue weighted by Crippen LogP contribution is 1.93. The molecule has 192 valence electrons. The monoisotopic (exact) mass is 487 g/mol. The Morgan fingerprint density at radius 1 is 0.647 bits per heavy atom. The van der Waals surface area contributed by atoms with Crippen molar-refractivity contribution in [2.24, 2.45) is 0 Å². The molecule has 5 amide bonds. The Balaban J connectivity index is 5.05. The predicted octanol–water partition coefficient (Wildman–Crippen LogP) is -4.85. The van der Waals surface area contributed by atoms with Crippen LogP contribution in [0.3, 0.4) is 0 Å². The van der Waals surface area contributed by atoms with E-state index in [9.17, 15) is 33.6 Å². The lowest BCUT2D eigenvalue weighted by molar-refractivity contribution is -0.148. The fraction of sp³-hybridized carbons (Fsp3) is 0.632. The summed E-state index contributed by atoms with van der Waals surface area (Å²) < 4.78 is 4.51. The van der Waals surface area contributed by atoms with Gasteiger partial charge in [0.2, 0.25) is 29.5 Å². The van der Waals surface area contributed by atoms with E-state index in [2.05, 4.69) is 31.3 Å². The van der Waals surface area contributed by atoms with Gasteiger partial charge >= 0.3 is 5.97 Å². The van der Waals surface area contributed by atoms with Crippen LogP contribution in [0.5, 0.6) is 0 Å². The number of carbonyl (C=O) groups excluding carboxylic acids is 7. The fourth-order valence-electron chi connectivity index (χ4n) is 2.32. The quantitative estimate of drug-likeness (QED) is 0.104. The van der Waals surface area contributed by atoms with Crippen molar-refractivity contribution >= 4 is 41.3 Å². The number of ether oxygens (including phenoxy) is 1. The van der Waals surface area contributed by atoms with Gasteiger partial charge in [0.05, 0.1) is 40.0 Å². The summed E-state index contributed by atoms with van der Waals surface area (Å²) >= 11 is 0. The number of nitrogens with zero attached hydrogens (tertiary/aromatic N) is 2. The molecule has 0 rings (SSSR count). The molecule has 0 unspecified atom stereocenters. The molecule has 0 radical (unpaired) electrons. The number of Topliss-reactive ketones (excluding diaryl/α,β-unsaturated/α-hetero) is 1. The van der Waals surface area contributed by atoms with Crippen LogP contribution in [0.4, 0.5) is 0 Å². The number of nitrogens with one attached hydrogen (secondary N) is 5. The van der Waals surface area contributed by atoms with E-state index in [1.807, 2.05) is 0 Å². The van der Waals surface area contributed by atoms with Gasteiger partial charge in [0, 0.05) is 0 Å². The van der Waals surface area contributed by atoms with Crippen molar-refractivity contribution in [1.29, 1.82) is 0 Å². The molecule has 0 spiro atoms. The Bertz CT molecular complexity index is 759. The lowest BCUT2D eigenvalue weighted by atomic mass is 10.3. The Morgan fingerprint density at radius 3 is 1.71 bits per heavy atom. The molecule has 34 heavy (non-hydrogen) atoms. The molecular weight excluding hydrogens is 454 g/mol. The van der Waals surface area contributed by atoms with Gasteiger partial charge in [-0.25, -0.2) is 0 Å². The highest BCUT2D eigenvalue weighted by atomic mass is 16.5. The third kappa shape index (κ3) is 13.7. The zero-order chi connectivity index (χ0) is 26.1. The number of methoxy groups -OCH3 is 1. The normalized spacial score (nSPS) is 10.0. The first-order valence-corrected chi connectivity index (χ1v) is 10.2. The van der Waals surface area contributed by atoms with Gasteiger partial charge in [-0.1, -0.05) is 0 Å². The number of amides is 5. The maximum absolute atomic E-state index is 12.6. The zero-order valence-corrected chi connectivity index (χ0v) is 19.8. The minimum absolute atomic E-state index is 0.0219. The van der Waals surface area contributed by atoms with Crippen molar-refractivity contribution in [2.75, 3.05) is 73.7 Å². The van der Waals surface area contributed by atoms with Crippen LogP contribution in [0.1, 0.15) is 6.92 Å². The van der Waals surface area contributed by atoms with Gasteiger partial charge < -0.3 is 41.1 Å². The second-order valence-electron chi connectivity index (χ2n) is 6.99. The molecule has 5 N–H and O–H groups in total. The van der Waals surface area contributed by atoms with Crippen LogP contribution in [0, 0.1) is 0 Å². The first-order chi connectivity index (χ1) is 16.0. The molecule has 0 bridgehead atoms. The minimum Gasteiger partial charge on any atom is -0.468 e. The largest absolute Gasteiger partial charge is 0.468 e. The molecule has 0 atom stereocenters. The maximum atomic E-state index is 12.6. The van der Waals surface area contributed by atoms with Crippen LogP contribution in [0.2, 0.25) is 0 Å². The molecule has 0 aromatic carbocycles. The van der Waals surface area contributed by atoms with Crippen molar-refractivity contribution in [2.45, 2.75) is 6.92 Å². The molecule has 0 saturated carbocycles. The van der Waals surface area contributed by atoms with E-state index in [4.69, 9.17) is 0 Å². The number of likely N-dealkylation sites (N-methyl/N-ethyl adjacent to an activating group) is 2. The molecule has 0 aliphatic carbocycles. The molecule has 0 aromatic rings. The number of hydrogen-bond acceptors (Lipinski definition) is 10. The number of hydrogen-bond donors (Lipinski definition) is 5. The van der Waals surface area contributed by atoms with Crippen LogP contribution in [0.15, 0.2) is 0 Å². The van der Waals surface area contributed by atoms with Crippen molar-refractivity contribution in [3.8, 4) is 0 Å². The average Bonchev–Trinajstić information content (AvgIpc) is 2.78. The summed E-state index contributed by atoms with van der Waals surface area (Å²) in [5.74, 6) is -4.07. The highest BCUT2D eigenvalue weighted by molar-refractivity contribution is 5.92. The Hall–Kier alpha value is -3.59. The summed E-state index contributed by atoms with van der Waals surface area (Å²) in [6.45, 7) is -1.41. The molecule has 0 heterocycles. The highest BCUT2D eigenvalue weighted by Gasteiger charge is 2.22. The third-order valence-corrected chi connectivity index (χ3v) is 4.03. The van der Waals surface area contributed by atoms with E-state index in [-0.39, 0.29) is 32.1 Å². The van der Waals surface area contributed by atoms with E-state index in [1.165, 1.54) is 14.0 Å². The summed E-state index contributed by atoms with van der Waals surface area (Å²) in [7, 11) is 4.21. The average molecular weight is 488 g/mol. The smallest absolute Gasteiger partial charge is 0.325 e. The van der Waals surface area contributed by atoms with Crippen LogP contribution < -0.4 is 26.6 Å². The minimum atomic E-state index is -0.734. The van der Waals surface area contributed by atoms with Gasteiger partial charge in [0.15, 0.2) is 0 Å². The topological polar surface area (TPSA) is 195 Å². The third-order valence-electron chi connectivity index (χ3n) is 4.03. The summed E-state index contributed by atoms with van der Waals surface area (Å²) in [5.41, 5.74) is 0. The second kappa shape index (κ2) is 17.0. The SMILES string of the molecule is CNCC(=O)NCN(CC(=O)NCC(C)=O)C(=O)CNC(=O)CN(CC(=O)OC)C(=O)CNC. The Kier molecular flexibility index (Phi) is 15.2. The number of ketones is 1. The standard InChI is InChI=1S/C19H33N7O8/c1-13(27)5-22-16(30)10-26(12-24-14(28)6-20-2)18(32)8-23-15(29)9-25(11-19(33)34-4)17(31)7-21-3/h20-21H,5-12H2,1-4H3,(H,22,30)(H,23,29)(H,24,28). The van der Waals surface area contributed by atoms with Gasteiger partial charge in [-0.05, 0) is 21.0 Å². The molecule has 0 aromatic heterocycles. The van der Waals surface area contributed by atoms with Gasteiger partial charge in [-0.2, -0.15) is 0 Å². The molecule has 15 heteroatoms. The van der Waals surface area contributed by atoms with Gasteiger partial charge in [-0.15, -0.1) is 0 Å². The number of rotatable bonds is 16.